The maximum atomic E-state index is 11.8. The first-order chi connectivity index (χ1) is 6.02. The number of hydrogen-bond acceptors (Lipinski definition) is 2. The van der Waals surface area contributed by atoms with Gasteiger partial charge in [0, 0.05) is 15.8 Å². The van der Waals surface area contributed by atoms with Crippen LogP contribution in [-0.2, 0) is 10.8 Å². The van der Waals surface area contributed by atoms with Crippen LogP contribution in [0.4, 0.5) is 5.69 Å². The number of benzene rings is 1. The number of aryl methyl sites for hydroxylation is 1. The van der Waals surface area contributed by atoms with Crippen molar-refractivity contribution >= 4 is 16.5 Å². The quantitative estimate of drug-likeness (QED) is 0.738. The highest BCUT2D eigenvalue weighted by atomic mass is 32.2. The first-order valence-corrected chi connectivity index (χ1v) is 5.50. The minimum Gasteiger partial charge on any atom is -0.399 e. The topological polar surface area (TPSA) is 43.1 Å². The van der Waals surface area contributed by atoms with Gasteiger partial charge in [0.1, 0.15) is 0 Å². The van der Waals surface area contributed by atoms with Crippen molar-refractivity contribution in [2.75, 3.05) is 5.73 Å². The van der Waals surface area contributed by atoms with E-state index in [1.807, 2.05) is 32.9 Å². The largest absolute Gasteiger partial charge is 0.399 e. The van der Waals surface area contributed by atoms with E-state index < -0.39 is 10.8 Å². The van der Waals surface area contributed by atoms with Crippen molar-refractivity contribution in [3.8, 4) is 0 Å². The predicted molar refractivity (Wildman–Crippen MR) is 57.1 cm³/mol. The van der Waals surface area contributed by atoms with Gasteiger partial charge in [-0.2, -0.15) is 0 Å². The summed E-state index contributed by atoms with van der Waals surface area (Å²) in [6.45, 7) is 5.84. The summed E-state index contributed by atoms with van der Waals surface area (Å²) >= 11 is 0. The van der Waals surface area contributed by atoms with Crippen LogP contribution in [0.1, 0.15) is 19.4 Å². The summed E-state index contributed by atoms with van der Waals surface area (Å²) in [5, 5.41) is 0.139. The molecule has 0 heterocycles. The van der Waals surface area contributed by atoms with Crippen molar-refractivity contribution in [3.63, 3.8) is 0 Å². The van der Waals surface area contributed by atoms with Gasteiger partial charge in [0.05, 0.1) is 10.8 Å². The fraction of sp³-hybridized carbons (Fsp3) is 0.400. The Hall–Kier alpha value is -0.830. The van der Waals surface area contributed by atoms with Crippen molar-refractivity contribution in [2.24, 2.45) is 0 Å². The van der Waals surface area contributed by atoms with Gasteiger partial charge in [0.2, 0.25) is 0 Å². The Morgan fingerprint density at radius 3 is 2.54 bits per heavy atom. The molecule has 72 valence electrons. The van der Waals surface area contributed by atoms with E-state index in [4.69, 9.17) is 5.73 Å². The maximum Gasteiger partial charge on any atom is 0.0558 e. The van der Waals surface area contributed by atoms with E-state index >= 15 is 0 Å². The molecule has 1 unspecified atom stereocenters. The molecule has 1 atom stereocenters. The summed E-state index contributed by atoms with van der Waals surface area (Å²) in [5.74, 6) is 0. The van der Waals surface area contributed by atoms with Gasteiger partial charge in [-0.1, -0.05) is 19.9 Å². The van der Waals surface area contributed by atoms with Crippen molar-refractivity contribution < 1.29 is 4.21 Å². The van der Waals surface area contributed by atoms with Gasteiger partial charge in [-0.15, -0.1) is 0 Å². The standard InChI is InChI=1S/C10H15NOS/c1-7(2)13(12)10-6-9(11)5-4-8(10)3/h4-7H,11H2,1-3H3. The van der Waals surface area contributed by atoms with Gasteiger partial charge in [-0.25, -0.2) is 0 Å². The molecular weight excluding hydrogens is 182 g/mol. The summed E-state index contributed by atoms with van der Waals surface area (Å²) in [4.78, 5) is 0.856. The molecule has 0 spiro atoms. The van der Waals surface area contributed by atoms with Crippen molar-refractivity contribution in [1.82, 2.24) is 0 Å². The average Bonchev–Trinajstić information content (AvgIpc) is 2.08. The van der Waals surface area contributed by atoms with Crippen LogP contribution in [0.2, 0.25) is 0 Å². The second kappa shape index (κ2) is 3.92. The second-order valence-electron chi connectivity index (χ2n) is 3.37. The number of anilines is 1. The molecule has 1 rings (SSSR count). The van der Waals surface area contributed by atoms with Gasteiger partial charge in [-0.3, -0.25) is 4.21 Å². The summed E-state index contributed by atoms with van der Waals surface area (Å²) < 4.78 is 11.8. The smallest absolute Gasteiger partial charge is 0.0558 e. The van der Waals surface area contributed by atoms with Crippen LogP contribution in [0, 0.1) is 6.92 Å². The van der Waals surface area contributed by atoms with Crippen LogP contribution in [0.3, 0.4) is 0 Å². The Morgan fingerprint density at radius 2 is 2.00 bits per heavy atom. The molecule has 0 aliphatic carbocycles. The Balaban J connectivity index is 3.13. The zero-order valence-electron chi connectivity index (χ0n) is 8.20. The average molecular weight is 197 g/mol. The van der Waals surface area contributed by atoms with Gasteiger partial charge in [-0.05, 0) is 24.6 Å². The highest BCUT2D eigenvalue weighted by Gasteiger charge is 2.10. The van der Waals surface area contributed by atoms with Crippen molar-refractivity contribution in [3.05, 3.63) is 23.8 Å². The molecule has 2 N–H and O–H groups in total. The normalized spacial score (nSPS) is 13.2. The van der Waals surface area contributed by atoms with E-state index in [-0.39, 0.29) is 5.25 Å². The van der Waals surface area contributed by atoms with Crippen molar-refractivity contribution in [1.29, 1.82) is 0 Å². The van der Waals surface area contributed by atoms with E-state index in [1.165, 1.54) is 0 Å². The fourth-order valence-corrected chi connectivity index (χ4v) is 2.23. The third kappa shape index (κ3) is 2.31. The van der Waals surface area contributed by atoms with Crippen LogP contribution in [0.5, 0.6) is 0 Å². The molecule has 13 heavy (non-hydrogen) atoms. The molecule has 2 nitrogen and oxygen atoms in total. The zero-order chi connectivity index (χ0) is 10.0. The van der Waals surface area contributed by atoms with E-state index in [1.54, 1.807) is 6.07 Å². The summed E-state index contributed by atoms with van der Waals surface area (Å²) in [6, 6.07) is 5.53. The molecule has 0 aliphatic rings. The number of rotatable bonds is 2. The van der Waals surface area contributed by atoms with Crippen molar-refractivity contribution in [2.45, 2.75) is 30.9 Å². The monoisotopic (exact) mass is 197 g/mol. The third-order valence-electron chi connectivity index (χ3n) is 1.86. The molecule has 0 amide bonds. The molecule has 0 aliphatic heterocycles. The number of nitrogen functional groups attached to an aromatic ring is 1. The second-order valence-corrected chi connectivity index (χ2v) is 5.35. The van der Waals surface area contributed by atoms with Gasteiger partial charge in [0.15, 0.2) is 0 Å². The highest BCUT2D eigenvalue weighted by Crippen LogP contribution is 2.18. The Labute approximate surface area is 81.6 Å². The molecule has 0 fully saturated rings. The Kier molecular flexibility index (Phi) is 3.09. The third-order valence-corrected chi connectivity index (χ3v) is 3.59. The zero-order valence-corrected chi connectivity index (χ0v) is 9.02. The van der Waals surface area contributed by atoms with Gasteiger partial charge >= 0.3 is 0 Å². The van der Waals surface area contributed by atoms with Crippen LogP contribution < -0.4 is 5.73 Å². The summed E-state index contributed by atoms with van der Waals surface area (Å²) in [7, 11) is -0.937. The van der Waals surface area contributed by atoms with Crippen LogP contribution in [0.15, 0.2) is 23.1 Å². The molecule has 0 radical (unpaired) electrons. The minimum absolute atomic E-state index is 0.139. The predicted octanol–water partition coefficient (Wildman–Crippen LogP) is 2.09. The summed E-state index contributed by atoms with van der Waals surface area (Å²) in [5.41, 5.74) is 7.35. The maximum absolute atomic E-state index is 11.8. The Morgan fingerprint density at radius 1 is 1.38 bits per heavy atom. The lowest BCUT2D eigenvalue weighted by atomic mass is 10.2. The van der Waals surface area contributed by atoms with Crippen LogP contribution in [-0.4, -0.2) is 9.46 Å². The highest BCUT2D eigenvalue weighted by molar-refractivity contribution is 7.85. The summed E-state index contributed by atoms with van der Waals surface area (Å²) in [6.07, 6.45) is 0. The first-order valence-electron chi connectivity index (χ1n) is 4.29. The lowest BCUT2D eigenvalue weighted by Gasteiger charge is -2.09. The molecule has 0 bridgehead atoms. The van der Waals surface area contributed by atoms with E-state index in [9.17, 15) is 4.21 Å². The lowest BCUT2D eigenvalue weighted by Crippen LogP contribution is -2.07. The van der Waals surface area contributed by atoms with Gasteiger partial charge < -0.3 is 5.73 Å². The Bertz CT molecular complexity index is 334. The van der Waals surface area contributed by atoms with E-state index in [2.05, 4.69) is 0 Å². The first kappa shape index (κ1) is 10.3. The fourth-order valence-electron chi connectivity index (χ4n) is 1.09. The van der Waals surface area contributed by atoms with E-state index in [0.29, 0.717) is 5.69 Å². The van der Waals surface area contributed by atoms with Crippen LogP contribution >= 0.6 is 0 Å². The van der Waals surface area contributed by atoms with E-state index in [0.717, 1.165) is 10.5 Å². The molecule has 1 aromatic carbocycles. The SMILES string of the molecule is Cc1ccc(N)cc1S(=O)C(C)C. The number of hydrogen-bond donors (Lipinski definition) is 1. The number of nitrogens with two attached hydrogens (primary N) is 1. The molecule has 1 aromatic rings. The minimum atomic E-state index is -0.937. The van der Waals surface area contributed by atoms with Crippen LogP contribution in [0.25, 0.3) is 0 Å². The molecular formula is C10H15NOS. The lowest BCUT2D eigenvalue weighted by molar-refractivity contribution is 0.676. The molecule has 3 heteroatoms. The van der Waals surface area contributed by atoms with Gasteiger partial charge in [0.25, 0.3) is 0 Å². The molecule has 0 saturated carbocycles. The molecule has 0 aromatic heterocycles. The molecule has 0 saturated heterocycles.